The number of halogens is 1. The molecule has 4 aromatic rings. The van der Waals surface area contributed by atoms with Crippen LogP contribution in [0.15, 0.2) is 71.9 Å². The number of hydrogen-bond donors (Lipinski definition) is 1. The normalized spacial score (nSPS) is 10.9. The molecule has 0 atom stereocenters. The summed E-state index contributed by atoms with van der Waals surface area (Å²) >= 11 is 7.54. The molecule has 1 amide bonds. The Morgan fingerprint density at radius 3 is 2.42 bits per heavy atom. The third-order valence-electron chi connectivity index (χ3n) is 5.44. The highest BCUT2D eigenvalue weighted by Crippen LogP contribution is 2.26. The molecular weight excluding hydrogens is 452 g/mol. The summed E-state index contributed by atoms with van der Waals surface area (Å²) in [7, 11) is 0. The van der Waals surface area contributed by atoms with Gasteiger partial charge in [0.1, 0.15) is 5.82 Å². The fraction of sp³-hybridized carbons (Fsp3) is 0.192. The number of hydrogen-bond acceptors (Lipinski definition) is 4. The molecule has 0 fully saturated rings. The lowest BCUT2D eigenvalue weighted by Gasteiger charge is -2.12. The summed E-state index contributed by atoms with van der Waals surface area (Å²) < 4.78 is 2.04. The Balaban J connectivity index is 1.57. The minimum atomic E-state index is -0.126. The van der Waals surface area contributed by atoms with Crippen LogP contribution in [0.1, 0.15) is 28.1 Å². The Morgan fingerprint density at radius 1 is 0.939 bits per heavy atom. The van der Waals surface area contributed by atoms with Crippen LogP contribution in [0, 0.1) is 20.8 Å². The molecule has 0 spiro atoms. The fourth-order valence-corrected chi connectivity index (χ4v) is 4.36. The van der Waals surface area contributed by atoms with Gasteiger partial charge in [-0.25, -0.2) is 0 Å². The zero-order chi connectivity index (χ0) is 23.4. The van der Waals surface area contributed by atoms with Crippen LogP contribution in [-0.4, -0.2) is 26.4 Å². The number of rotatable bonds is 7. The Morgan fingerprint density at radius 2 is 1.70 bits per heavy atom. The first-order valence-corrected chi connectivity index (χ1v) is 12.0. The minimum Gasteiger partial charge on any atom is -0.325 e. The summed E-state index contributed by atoms with van der Waals surface area (Å²) in [6, 6.07) is 22.0. The summed E-state index contributed by atoms with van der Waals surface area (Å²) in [6.07, 6.45) is 0.648. The van der Waals surface area contributed by atoms with Gasteiger partial charge in [0, 0.05) is 22.8 Å². The van der Waals surface area contributed by atoms with Gasteiger partial charge in [0.2, 0.25) is 5.91 Å². The topological polar surface area (TPSA) is 59.8 Å². The molecule has 7 heteroatoms. The van der Waals surface area contributed by atoms with Crippen molar-refractivity contribution in [2.24, 2.45) is 0 Å². The molecule has 168 valence electrons. The van der Waals surface area contributed by atoms with Gasteiger partial charge in [-0.05, 0) is 67.3 Å². The van der Waals surface area contributed by atoms with E-state index in [2.05, 4.69) is 59.7 Å². The van der Waals surface area contributed by atoms with Gasteiger partial charge in [-0.15, -0.1) is 10.2 Å². The average molecular weight is 477 g/mol. The van der Waals surface area contributed by atoms with Crippen molar-refractivity contribution in [2.75, 3.05) is 11.1 Å². The maximum atomic E-state index is 12.6. The van der Waals surface area contributed by atoms with Crippen molar-refractivity contribution in [3.8, 4) is 5.69 Å². The van der Waals surface area contributed by atoms with E-state index in [1.165, 1.54) is 22.9 Å². The Hall–Kier alpha value is -3.09. The molecule has 0 saturated carbocycles. The van der Waals surface area contributed by atoms with E-state index in [0.717, 1.165) is 22.6 Å². The molecule has 1 N–H and O–H groups in total. The summed E-state index contributed by atoms with van der Waals surface area (Å²) in [5, 5.41) is 13.1. The van der Waals surface area contributed by atoms with E-state index in [1.54, 1.807) is 6.07 Å². The fourth-order valence-electron chi connectivity index (χ4n) is 3.41. The van der Waals surface area contributed by atoms with Gasteiger partial charge in [-0.1, -0.05) is 65.8 Å². The van der Waals surface area contributed by atoms with Crippen molar-refractivity contribution in [3.05, 3.63) is 99.8 Å². The van der Waals surface area contributed by atoms with Gasteiger partial charge >= 0.3 is 0 Å². The molecule has 0 radical (unpaired) electrons. The quantitative estimate of drug-likeness (QED) is 0.324. The molecular formula is C26H25ClN4OS. The Labute approximate surface area is 203 Å². The smallest absolute Gasteiger partial charge is 0.234 e. The van der Waals surface area contributed by atoms with Crippen molar-refractivity contribution in [3.63, 3.8) is 0 Å². The molecule has 3 aromatic carbocycles. The number of aryl methyl sites for hydroxylation is 3. The maximum absolute atomic E-state index is 12.6. The lowest BCUT2D eigenvalue weighted by atomic mass is 10.1. The van der Waals surface area contributed by atoms with E-state index in [9.17, 15) is 4.79 Å². The second-order valence-corrected chi connectivity index (χ2v) is 9.32. The largest absolute Gasteiger partial charge is 0.325 e. The second kappa shape index (κ2) is 10.2. The van der Waals surface area contributed by atoms with Crippen LogP contribution in [0.3, 0.4) is 0 Å². The van der Waals surface area contributed by atoms with Crippen molar-refractivity contribution in [1.82, 2.24) is 14.8 Å². The zero-order valence-electron chi connectivity index (χ0n) is 18.8. The molecule has 4 rings (SSSR count). The molecule has 5 nitrogen and oxygen atoms in total. The molecule has 1 aromatic heterocycles. The highest BCUT2D eigenvalue weighted by atomic mass is 35.5. The van der Waals surface area contributed by atoms with Crippen LogP contribution in [0.5, 0.6) is 0 Å². The second-order valence-electron chi connectivity index (χ2n) is 7.97. The van der Waals surface area contributed by atoms with Crippen LogP contribution >= 0.6 is 23.4 Å². The zero-order valence-corrected chi connectivity index (χ0v) is 20.4. The van der Waals surface area contributed by atoms with E-state index in [-0.39, 0.29) is 11.7 Å². The third-order valence-corrected chi connectivity index (χ3v) is 6.78. The number of amides is 1. The highest BCUT2D eigenvalue weighted by molar-refractivity contribution is 7.99. The number of nitrogens with one attached hydrogen (secondary N) is 1. The Kier molecular flexibility index (Phi) is 7.16. The number of benzene rings is 3. The lowest BCUT2D eigenvalue weighted by molar-refractivity contribution is -0.113. The van der Waals surface area contributed by atoms with E-state index < -0.39 is 0 Å². The first kappa shape index (κ1) is 23.1. The van der Waals surface area contributed by atoms with E-state index >= 15 is 0 Å². The van der Waals surface area contributed by atoms with E-state index in [4.69, 9.17) is 11.6 Å². The number of anilines is 1. The van der Waals surface area contributed by atoms with E-state index in [1.807, 2.05) is 41.8 Å². The summed E-state index contributed by atoms with van der Waals surface area (Å²) in [5.41, 5.74) is 6.20. The van der Waals surface area contributed by atoms with Crippen molar-refractivity contribution in [1.29, 1.82) is 0 Å². The predicted octanol–water partition coefficient (Wildman–Crippen LogP) is 6.17. The summed E-state index contributed by atoms with van der Waals surface area (Å²) in [5.74, 6) is 0.914. The highest BCUT2D eigenvalue weighted by Gasteiger charge is 2.17. The third kappa shape index (κ3) is 5.64. The molecule has 0 unspecified atom stereocenters. The van der Waals surface area contributed by atoms with Gasteiger partial charge in [-0.3, -0.25) is 9.36 Å². The van der Waals surface area contributed by atoms with E-state index in [0.29, 0.717) is 22.3 Å². The summed E-state index contributed by atoms with van der Waals surface area (Å²) in [6.45, 7) is 6.11. The number of nitrogens with zero attached hydrogens (tertiary/aromatic N) is 3. The SMILES string of the molecule is Cc1ccc(-n2c(Cc3ccccc3)nnc2SCC(=O)Nc2ccc(C)c(Cl)c2)cc1C. The standard InChI is InChI=1S/C26H25ClN4OS/c1-17-10-12-22(13-19(17)3)31-24(14-20-7-5-4-6-8-20)29-30-26(31)33-16-25(32)28-21-11-9-18(2)23(27)15-21/h4-13,15H,14,16H2,1-3H3,(H,28,32). The molecule has 0 saturated heterocycles. The van der Waals surface area contributed by atoms with Crippen LogP contribution in [0.4, 0.5) is 5.69 Å². The minimum absolute atomic E-state index is 0.126. The van der Waals surface area contributed by atoms with Crippen LogP contribution in [0.25, 0.3) is 5.69 Å². The van der Waals surface area contributed by atoms with Crippen LogP contribution < -0.4 is 5.32 Å². The number of carbonyl (C=O) groups is 1. The monoisotopic (exact) mass is 476 g/mol. The molecule has 0 aliphatic rings. The van der Waals surface area contributed by atoms with Crippen molar-refractivity contribution >= 4 is 35.0 Å². The lowest BCUT2D eigenvalue weighted by Crippen LogP contribution is -2.14. The average Bonchev–Trinajstić information content (AvgIpc) is 3.20. The van der Waals surface area contributed by atoms with Gasteiger partial charge in [0.15, 0.2) is 5.16 Å². The van der Waals surface area contributed by atoms with Crippen molar-refractivity contribution in [2.45, 2.75) is 32.3 Å². The molecule has 0 aliphatic heterocycles. The van der Waals surface area contributed by atoms with Gasteiger partial charge in [-0.2, -0.15) is 0 Å². The molecule has 1 heterocycles. The maximum Gasteiger partial charge on any atom is 0.234 e. The number of aromatic nitrogens is 3. The predicted molar refractivity (Wildman–Crippen MR) is 136 cm³/mol. The number of carbonyl (C=O) groups excluding carboxylic acids is 1. The van der Waals surface area contributed by atoms with Crippen molar-refractivity contribution < 1.29 is 4.79 Å². The van der Waals surface area contributed by atoms with Gasteiger partial charge in [0.05, 0.1) is 5.75 Å². The first-order valence-electron chi connectivity index (χ1n) is 10.7. The van der Waals surface area contributed by atoms with Gasteiger partial charge < -0.3 is 5.32 Å². The molecule has 0 aliphatic carbocycles. The first-order chi connectivity index (χ1) is 15.9. The number of thioether (sulfide) groups is 1. The van der Waals surface area contributed by atoms with Crippen LogP contribution in [0.2, 0.25) is 5.02 Å². The molecule has 33 heavy (non-hydrogen) atoms. The molecule has 0 bridgehead atoms. The van der Waals surface area contributed by atoms with Gasteiger partial charge in [0.25, 0.3) is 0 Å². The Bertz CT molecular complexity index is 1290. The summed E-state index contributed by atoms with van der Waals surface area (Å²) in [4.78, 5) is 12.6. The van der Waals surface area contributed by atoms with Crippen LogP contribution in [-0.2, 0) is 11.2 Å².